The molecule has 0 spiro atoms. The number of furan rings is 1. The second kappa shape index (κ2) is 9.17. The molecule has 8 heteroatoms. The van der Waals surface area contributed by atoms with Crippen molar-refractivity contribution in [3.8, 4) is 22.5 Å². The maximum absolute atomic E-state index is 13.4. The molecule has 0 unspecified atom stereocenters. The molecule has 0 saturated carbocycles. The van der Waals surface area contributed by atoms with E-state index in [1.165, 1.54) is 28.6 Å². The Morgan fingerprint density at radius 3 is 2.33 bits per heavy atom. The molecule has 0 saturated heterocycles. The second-order valence-corrected chi connectivity index (χ2v) is 9.52. The molecule has 0 aliphatic heterocycles. The first-order valence-electron chi connectivity index (χ1n) is 10.3. The van der Waals surface area contributed by atoms with Crippen molar-refractivity contribution in [2.75, 3.05) is 23.7 Å². The molecule has 0 amide bonds. The number of aliphatic hydroxyl groups excluding tert-OH is 1. The van der Waals surface area contributed by atoms with Gasteiger partial charge in [-0.05, 0) is 42.3 Å². The summed E-state index contributed by atoms with van der Waals surface area (Å²) in [6.45, 7) is -0.0908. The molecule has 4 rings (SSSR count). The molecule has 1 aromatic heterocycles. The minimum Gasteiger partial charge on any atom is -0.455 e. The van der Waals surface area contributed by atoms with Gasteiger partial charge in [-0.25, -0.2) is 12.8 Å². The molecule has 0 atom stereocenters. The van der Waals surface area contributed by atoms with E-state index in [1.54, 1.807) is 12.1 Å². The minimum atomic E-state index is -3.69. The van der Waals surface area contributed by atoms with Crippen molar-refractivity contribution >= 4 is 33.0 Å². The lowest BCUT2D eigenvalue weighted by atomic mass is 9.99. The number of nitrogens with zero attached hydrogens (tertiary/aromatic N) is 1. The number of hydrogen-bond acceptors (Lipinski definition) is 5. The number of sulfonamides is 1. The van der Waals surface area contributed by atoms with Crippen molar-refractivity contribution in [3.05, 3.63) is 78.1 Å². The number of benzene rings is 3. The number of aldehydes is 1. The first-order valence-corrected chi connectivity index (χ1v) is 12.1. The predicted molar refractivity (Wildman–Crippen MR) is 126 cm³/mol. The van der Waals surface area contributed by atoms with Crippen LogP contribution in [0.2, 0.25) is 0 Å². The molecule has 1 N–H and O–H groups in total. The molecule has 0 radical (unpaired) electrons. The van der Waals surface area contributed by atoms with Crippen LogP contribution in [0.15, 0.2) is 71.1 Å². The van der Waals surface area contributed by atoms with Crippen LogP contribution in [-0.2, 0) is 10.0 Å². The summed E-state index contributed by atoms with van der Waals surface area (Å²) in [7, 11) is -3.69. The molecule has 0 aliphatic rings. The van der Waals surface area contributed by atoms with Crippen LogP contribution < -0.4 is 4.31 Å². The zero-order valence-electron chi connectivity index (χ0n) is 17.9. The zero-order chi connectivity index (χ0) is 23.6. The Labute approximate surface area is 190 Å². The van der Waals surface area contributed by atoms with Crippen LogP contribution in [0.1, 0.15) is 16.8 Å². The van der Waals surface area contributed by atoms with Gasteiger partial charge in [0.1, 0.15) is 17.2 Å². The molecular weight excluding hydrogens is 445 g/mol. The summed E-state index contributed by atoms with van der Waals surface area (Å²) in [5.74, 6) is -0.138. The molecule has 0 aliphatic carbocycles. The summed E-state index contributed by atoms with van der Waals surface area (Å²) in [6.07, 6.45) is 2.03. The van der Waals surface area contributed by atoms with Crippen LogP contribution in [-0.4, -0.2) is 39.2 Å². The van der Waals surface area contributed by atoms with Crippen molar-refractivity contribution in [2.24, 2.45) is 0 Å². The molecule has 4 aromatic rings. The van der Waals surface area contributed by atoms with Crippen molar-refractivity contribution in [1.82, 2.24) is 0 Å². The van der Waals surface area contributed by atoms with E-state index in [2.05, 4.69) is 0 Å². The zero-order valence-corrected chi connectivity index (χ0v) is 18.7. The number of anilines is 1. The number of carbonyl (C=O) groups is 1. The molecular formula is C25H22FNO5S. The number of carbonyl (C=O) groups excluding carboxylic acids is 1. The van der Waals surface area contributed by atoms with E-state index < -0.39 is 15.8 Å². The summed E-state index contributed by atoms with van der Waals surface area (Å²) >= 11 is 0. The lowest BCUT2D eigenvalue weighted by Gasteiger charge is -2.25. The summed E-state index contributed by atoms with van der Waals surface area (Å²) in [5.41, 5.74) is 2.87. The third-order valence-electron chi connectivity index (χ3n) is 5.34. The number of halogens is 1. The fraction of sp³-hybridized carbons (Fsp3) is 0.160. The van der Waals surface area contributed by atoms with Gasteiger partial charge >= 0.3 is 0 Å². The van der Waals surface area contributed by atoms with Crippen LogP contribution in [0.3, 0.4) is 0 Å². The van der Waals surface area contributed by atoms with Crippen molar-refractivity contribution in [3.63, 3.8) is 0 Å². The Morgan fingerprint density at radius 2 is 1.73 bits per heavy atom. The Bertz CT molecular complexity index is 1400. The quantitative estimate of drug-likeness (QED) is 0.374. The van der Waals surface area contributed by atoms with Gasteiger partial charge in [0.05, 0.1) is 17.5 Å². The monoisotopic (exact) mass is 467 g/mol. The summed E-state index contributed by atoms with van der Waals surface area (Å²) < 4.78 is 45.9. The lowest BCUT2D eigenvalue weighted by Crippen LogP contribution is -2.31. The van der Waals surface area contributed by atoms with Crippen LogP contribution >= 0.6 is 0 Å². The minimum absolute atomic E-state index is 0.0761. The topological polar surface area (TPSA) is 87.8 Å². The van der Waals surface area contributed by atoms with Crippen LogP contribution in [0, 0.1) is 5.82 Å². The second-order valence-electron chi connectivity index (χ2n) is 7.61. The average molecular weight is 468 g/mol. The molecule has 0 bridgehead atoms. The van der Waals surface area contributed by atoms with E-state index in [9.17, 15) is 22.7 Å². The SMILES string of the molecule is CS(=O)(=O)N(CCCO)c1cc2oc(-c3ccc(F)cc3)c(C=O)c2cc1-c1ccccc1. The number of hydrogen-bond donors (Lipinski definition) is 1. The van der Waals surface area contributed by atoms with Crippen LogP contribution in [0.25, 0.3) is 33.4 Å². The Balaban J connectivity index is 2.02. The first kappa shape index (κ1) is 22.7. The van der Waals surface area contributed by atoms with E-state index in [-0.39, 0.29) is 25.3 Å². The fourth-order valence-corrected chi connectivity index (χ4v) is 4.79. The van der Waals surface area contributed by atoms with Gasteiger partial charge in [-0.1, -0.05) is 30.3 Å². The summed E-state index contributed by atoms with van der Waals surface area (Å²) in [4.78, 5) is 12.0. The Morgan fingerprint density at radius 1 is 1.03 bits per heavy atom. The molecule has 170 valence electrons. The standard InChI is InChI=1S/C25H22FNO5S/c1-33(30,31)27(12-5-13-28)23-15-24-21(14-20(23)17-6-3-2-4-7-17)22(16-29)25(32-24)18-8-10-19(26)11-9-18/h2-4,6-11,14-16,28H,5,12-13H2,1H3. The highest BCUT2D eigenvalue weighted by atomic mass is 32.2. The number of aliphatic hydroxyl groups is 1. The lowest BCUT2D eigenvalue weighted by molar-refractivity contribution is 0.112. The van der Waals surface area contributed by atoms with Crippen molar-refractivity contribution in [2.45, 2.75) is 6.42 Å². The van der Waals surface area contributed by atoms with Gasteiger partial charge < -0.3 is 9.52 Å². The van der Waals surface area contributed by atoms with E-state index in [0.717, 1.165) is 11.8 Å². The maximum atomic E-state index is 13.4. The summed E-state index contributed by atoms with van der Waals surface area (Å²) in [5, 5.41) is 9.81. The normalized spacial score (nSPS) is 11.6. The van der Waals surface area contributed by atoms with Crippen molar-refractivity contribution < 1.29 is 27.1 Å². The summed E-state index contributed by atoms with van der Waals surface area (Å²) in [6, 6.07) is 18.1. The van der Waals surface area contributed by atoms with Gasteiger partial charge in [0, 0.05) is 35.7 Å². The van der Waals surface area contributed by atoms with Gasteiger partial charge in [-0.2, -0.15) is 0 Å². The van der Waals surface area contributed by atoms with Gasteiger partial charge in [-0.3, -0.25) is 9.10 Å². The van der Waals surface area contributed by atoms with Gasteiger partial charge in [0.25, 0.3) is 0 Å². The van der Waals surface area contributed by atoms with Gasteiger partial charge in [0.15, 0.2) is 6.29 Å². The molecule has 3 aromatic carbocycles. The van der Waals surface area contributed by atoms with Gasteiger partial charge in [-0.15, -0.1) is 0 Å². The third-order valence-corrected chi connectivity index (χ3v) is 6.52. The highest BCUT2D eigenvalue weighted by molar-refractivity contribution is 7.92. The van der Waals surface area contributed by atoms with E-state index in [1.807, 2.05) is 30.3 Å². The third kappa shape index (κ3) is 4.53. The molecule has 6 nitrogen and oxygen atoms in total. The molecule has 1 heterocycles. The van der Waals surface area contributed by atoms with E-state index in [4.69, 9.17) is 4.42 Å². The highest BCUT2D eigenvalue weighted by Gasteiger charge is 2.25. The predicted octanol–water partition coefficient (Wildman–Crippen LogP) is 4.87. The van der Waals surface area contributed by atoms with Crippen LogP contribution in [0.5, 0.6) is 0 Å². The fourth-order valence-electron chi connectivity index (χ4n) is 3.82. The maximum Gasteiger partial charge on any atom is 0.232 e. The molecule has 0 fully saturated rings. The molecule has 33 heavy (non-hydrogen) atoms. The largest absolute Gasteiger partial charge is 0.455 e. The Kier molecular flexibility index (Phi) is 6.31. The Hall–Kier alpha value is -3.49. The number of fused-ring (bicyclic) bond motifs is 1. The van der Waals surface area contributed by atoms with E-state index >= 15 is 0 Å². The van der Waals surface area contributed by atoms with Gasteiger partial charge in [0.2, 0.25) is 10.0 Å². The number of rotatable bonds is 8. The first-order chi connectivity index (χ1) is 15.8. The van der Waals surface area contributed by atoms with Crippen LogP contribution in [0.4, 0.5) is 10.1 Å². The average Bonchev–Trinajstić information content (AvgIpc) is 3.16. The van der Waals surface area contributed by atoms with E-state index in [0.29, 0.717) is 39.6 Å². The van der Waals surface area contributed by atoms with Crippen molar-refractivity contribution in [1.29, 1.82) is 0 Å². The smallest absolute Gasteiger partial charge is 0.232 e. The highest BCUT2D eigenvalue weighted by Crippen LogP contribution is 2.41.